The number of hydrogen-bond donors (Lipinski definition) is 0. The predicted molar refractivity (Wildman–Crippen MR) is 72.2 cm³/mol. The van der Waals surface area contributed by atoms with Crippen LogP contribution in [0.2, 0.25) is 0 Å². The van der Waals surface area contributed by atoms with Crippen molar-refractivity contribution in [2.75, 3.05) is 0 Å². The van der Waals surface area contributed by atoms with Crippen LogP contribution in [0.5, 0.6) is 0 Å². The largest absolute Gasteiger partial charge is 0.244 e. The van der Waals surface area contributed by atoms with Gasteiger partial charge in [-0.25, -0.2) is 4.98 Å². The highest BCUT2D eigenvalue weighted by molar-refractivity contribution is 7.98. The van der Waals surface area contributed by atoms with E-state index in [2.05, 4.69) is 23.2 Å². The van der Waals surface area contributed by atoms with Gasteiger partial charge in [0.25, 0.3) is 0 Å². The van der Waals surface area contributed by atoms with E-state index in [0.29, 0.717) is 0 Å². The van der Waals surface area contributed by atoms with E-state index >= 15 is 0 Å². The molecular formula is C13H12N2S2. The fourth-order valence-corrected chi connectivity index (χ4v) is 3.31. The zero-order valence-corrected chi connectivity index (χ0v) is 11.1. The molecule has 0 bridgehead atoms. The van der Waals surface area contributed by atoms with Gasteiger partial charge >= 0.3 is 0 Å². The summed E-state index contributed by atoms with van der Waals surface area (Å²) >= 11 is 3.27. The molecule has 4 heteroatoms. The van der Waals surface area contributed by atoms with E-state index in [-0.39, 0.29) is 0 Å². The van der Waals surface area contributed by atoms with Crippen molar-refractivity contribution in [3.05, 3.63) is 45.9 Å². The van der Waals surface area contributed by atoms with E-state index in [9.17, 15) is 0 Å². The van der Waals surface area contributed by atoms with Crippen LogP contribution in [0.25, 0.3) is 0 Å². The first kappa shape index (κ1) is 12.2. The highest BCUT2D eigenvalue weighted by Crippen LogP contribution is 2.26. The van der Waals surface area contributed by atoms with Crippen molar-refractivity contribution in [2.45, 2.75) is 24.0 Å². The van der Waals surface area contributed by atoms with E-state index in [1.54, 1.807) is 11.8 Å². The Bertz CT molecular complexity index is 526. The molecule has 0 saturated carbocycles. The van der Waals surface area contributed by atoms with Gasteiger partial charge < -0.3 is 0 Å². The van der Waals surface area contributed by atoms with Crippen LogP contribution in [0.3, 0.4) is 0 Å². The van der Waals surface area contributed by atoms with Gasteiger partial charge in [0.15, 0.2) is 0 Å². The fraction of sp³-hybridized carbons (Fsp3) is 0.231. The smallest absolute Gasteiger partial charge is 0.128 e. The van der Waals surface area contributed by atoms with E-state index in [0.717, 1.165) is 27.8 Å². The van der Waals surface area contributed by atoms with Crippen LogP contribution in [0.1, 0.15) is 22.5 Å². The fourth-order valence-electron chi connectivity index (χ4n) is 1.45. The second kappa shape index (κ2) is 5.85. The second-order valence-electron chi connectivity index (χ2n) is 3.45. The molecule has 0 amide bonds. The molecule has 0 spiro atoms. The molecular weight excluding hydrogens is 248 g/mol. The predicted octanol–water partition coefficient (Wildman–Crippen LogP) is 3.87. The Balaban J connectivity index is 2.05. The number of aromatic nitrogens is 1. The minimum absolute atomic E-state index is 0.760. The Hall–Kier alpha value is -1.31. The third kappa shape index (κ3) is 3.09. The maximum absolute atomic E-state index is 8.96. The highest BCUT2D eigenvalue weighted by Gasteiger charge is 2.09. The molecule has 2 aromatic rings. The molecule has 0 aliphatic rings. The highest BCUT2D eigenvalue weighted by atomic mass is 32.2. The maximum Gasteiger partial charge on any atom is 0.128 e. The Morgan fingerprint density at radius 2 is 2.12 bits per heavy atom. The van der Waals surface area contributed by atoms with Crippen LogP contribution in [-0.2, 0) is 12.2 Å². The zero-order valence-electron chi connectivity index (χ0n) is 9.51. The molecule has 0 aliphatic heterocycles. The average molecular weight is 260 g/mol. The third-order valence-corrected chi connectivity index (χ3v) is 4.49. The SMILES string of the molecule is CCc1nc(CSc2ccccc2)sc1C#N. The van der Waals surface area contributed by atoms with Crippen LogP contribution >= 0.6 is 23.1 Å². The van der Waals surface area contributed by atoms with E-state index in [1.165, 1.54) is 16.2 Å². The number of rotatable bonds is 4. The lowest BCUT2D eigenvalue weighted by atomic mass is 10.3. The molecule has 0 N–H and O–H groups in total. The Kier molecular flexibility index (Phi) is 4.18. The Labute approximate surface area is 109 Å². The molecule has 17 heavy (non-hydrogen) atoms. The maximum atomic E-state index is 8.96. The molecule has 1 aromatic heterocycles. The Morgan fingerprint density at radius 1 is 1.35 bits per heavy atom. The molecule has 0 atom stereocenters. The minimum atomic E-state index is 0.760. The van der Waals surface area contributed by atoms with Gasteiger partial charge in [0.05, 0.1) is 11.4 Å². The quantitative estimate of drug-likeness (QED) is 0.783. The number of hydrogen-bond acceptors (Lipinski definition) is 4. The third-order valence-electron chi connectivity index (χ3n) is 2.28. The van der Waals surface area contributed by atoms with Gasteiger partial charge in [0.2, 0.25) is 0 Å². The summed E-state index contributed by atoms with van der Waals surface area (Å²) in [5.41, 5.74) is 0.932. The summed E-state index contributed by atoms with van der Waals surface area (Å²) < 4.78 is 0. The standard InChI is InChI=1S/C13H12N2S2/c1-2-11-12(8-14)17-13(15-11)9-16-10-6-4-3-5-7-10/h3-7H,2,9H2,1H3. The second-order valence-corrected chi connectivity index (χ2v) is 5.58. The molecule has 0 unspecified atom stereocenters. The summed E-state index contributed by atoms with van der Waals surface area (Å²) in [6.45, 7) is 2.03. The first-order chi connectivity index (χ1) is 8.33. The molecule has 0 radical (unpaired) electrons. The van der Waals surface area contributed by atoms with Crippen LogP contribution in [0, 0.1) is 11.3 Å². The minimum Gasteiger partial charge on any atom is -0.244 e. The van der Waals surface area contributed by atoms with Crippen molar-refractivity contribution in [1.29, 1.82) is 5.26 Å². The molecule has 1 aromatic carbocycles. The first-order valence-corrected chi connectivity index (χ1v) is 7.20. The van der Waals surface area contributed by atoms with Gasteiger partial charge in [0, 0.05) is 4.90 Å². The van der Waals surface area contributed by atoms with E-state index in [4.69, 9.17) is 5.26 Å². The van der Waals surface area contributed by atoms with Gasteiger partial charge in [0.1, 0.15) is 16.0 Å². The molecule has 0 aliphatic carbocycles. The monoisotopic (exact) mass is 260 g/mol. The van der Waals surface area contributed by atoms with Crippen molar-refractivity contribution in [3.8, 4) is 6.07 Å². The molecule has 86 valence electrons. The molecule has 0 saturated heterocycles. The normalized spacial score (nSPS) is 10.1. The van der Waals surface area contributed by atoms with Crippen LogP contribution in [-0.4, -0.2) is 4.98 Å². The van der Waals surface area contributed by atoms with Crippen molar-refractivity contribution in [2.24, 2.45) is 0 Å². The van der Waals surface area contributed by atoms with E-state index < -0.39 is 0 Å². The van der Waals surface area contributed by atoms with Gasteiger partial charge in [-0.1, -0.05) is 25.1 Å². The van der Waals surface area contributed by atoms with Crippen molar-refractivity contribution in [3.63, 3.8) is 0 Å². The van der Waals surface area contributed by atoms with E-state index in [1.807, 2.05) is 25.1 Å². The average Bonchev–Trinajstić information content (AvgIpc) is 2.80. The van der Waals surface area contributed by atoms with Gasteiger partial charge in [-0.15, -0.1) is 23.1 Å². The Morgan fingerprint density at radius 3 is 2.71 bits per heavy atom. The lowest BCUT2D eigenvalue weighted by Gasteiger charge is -1.97. The lowest BCUT2D eigenvalue weighted by Crippen LogP contribution is -1.84. The van der Waals surface area contributed by atoms with Crippen molar-refractivity contribution in [1.82, 2.24) is 4.98 Å². The number of nitrogens with zero attached hydrogens (tertiary/aromatic N) is 2. The van der Waals surface area contributed by atoms with Crippen molar-refractivity contribution >= 4 is 23.1 Å². The van der Waals surface area contributed by atoms with Gasteiger partial charge in [-0.3, -0.25) is 0 Å². The molecule has 2 rings (SSSR count). The number of aryl methyl sites for hydroxylation is 1. The van der Waals surface area contributed by atoms with Crippen molar-refractivity contribution < 1.29 is 0 Å². The summed E-state index contributed by atoms with van der Waals surface area (Å²) in [6, 6.07) is 12.5. The number of nitriles is 1. The van der Waals surface area contributed by atoms with Gasteiger partial charge in [-0.2, -0.15) is 5.26 Å². The van der Waals surface area contributed by atoms with Crippen LogP contribution in [0.4, 0.5) is 0 Å². The number of thiazole rings is 1. The summed E-state index contributed by atoms with van der Waals surface area (Å²) in [5.74, 6) is 0.837. The summed E-state index contributed by atoms with van der Waals surface area (Å²) in [7, 11) is 0. The van der Waals surface area contributed by atoms with Crippen LogP contribution < -0.4 is 0 Å². The molecule has 0 fully saturated rings. The number of benzene rings is 1. The summed E-state index contributed by atoms with van der Waals surface area (Å²) in [5, 5.41) is 10.00. The molecule has 1 heterocycles. The van der Waals surface area contributed by atoms with Gasteiger partial charge in [-0.05, 0) is 18.6 Å². The summed E-state index contributed by atoms with van der Waals surface area (Å²) in [4.78, 5) is 6.49. The van der Waals surface area contributed by atoms with Crippen LogP contribution in [0.15, 0.2) is 35.2 Å². The topological polar surface area (TPSA) is 36.7 Å². The summed E-state index contributed by atoms with van der Waals surface area (Å²) in [6.07, 6.45) is 0.829. The number of thioether (sulfide) groups is 1. The molecule has 2 nitrogen and oxygen atoms in total. The lowest BCUT2D eigenvalue weighted by molar-refractivity contribution is 1.03. The first-order valence-electron chi connectivity index (χ1n) is 5.40. The zero-order chi connectivity index (χ0) is 12.1.